The van der Waals surface area contributed by atoms with Crippen LogP contribution in [0.15, 0.2) is 0 Å². The first kappa shape index (κ1) is 16.1. The van der Waals surface area contributed by atoms with Crippen molar-refractivity contribution in [2.24, 2.45) is 0 Å². The van der Waals surface area contributed by atoms with Gasteiger partial charge in [-0.15, -0.1) is 5.10 Å². The standard InChI is InChI=1S/C12H20N4O4/c1-12(2,3)13-9(17)6-16-8(7-19-4)10(14-15-16)11(18)20-5/h6-7H2,1-5H3,(H,13,17). The van der Waals surface area contributed by atoms with Gasteiger partial charge in [-0.05, 0) is 20.8 Å². The minimum absolute atomic E-state index is 0.0417. The lowest BCUT2D eigenvalue weighted by molar-refractivity contribution is -0.123. The Kier molecular flexibility index (Phi) is 5.20. The Balaban J connectivity index is 2.92. The van der Waals surface area contributed by atoms with Gasteiger partial charge in [-0.1, -0.05) is 5.21 Å². The number of esters is 1. The second kappa shape index (κ2) is 6.47. The molecule has 0 aliphatic carbocycles. The van der Waals surface area contributed by atoms with Crippen LogP contribution in [0.3, 0.4) is 0 Å². The number of rotatable bonds is 5. The van der Waals surface area contributed by atoms with Gasteiger partial charge in [0.1, 0.15) is 6.54 Å². The van der Waals surface area contributed by atoms with Crippen LogP contribution in [0.2, 0.25) is 0 Å². The molecule has 112 valence electrons. The van der Waals surface area contributed by atoms with Crippen molar-refractivity contribution in [1.29, 1.82) is 0 Å². The average molecular weight is 284 g/mol. The Morgan fingerprint density at radius 1 is 1.30 bits per heavy atom. The van der Waals surface area contributed by atoms with Gasteiger partial charge in [0, 0.05) is 12.6 Å². The highest BCUT2D eigenvalue weighted by Gasteiger charge is 2.22. The third-order valence-corrected chi connectivity index (χ3v) is 2.31. The van der Waals surface area contributed by atoms with E-state index in [0.717, 1.165) is 0 Å². The van der Waals surface area contributed by atoms with Crippen molar-refractivity contribution < 1.29 is 19.1 Å². The zero-order chi connectivity index (χ0) is 15.3. The quantitative estimate of drug-likeness (QED) is 0.772. The van der Waals surface area contributed by atoms with Crippen molar-refractivity contribution in [3.63, 3.8) is 0 Å². The van der Waals surface area contributed by atoms with Crippen LogP contribution in [0, 0.1) is 0 Å². The Morgan fingerprint density at radius 2 is 1.95 bits per heavy atom. The van der Waals surface area contributed by atoms with Gasteiger partial charge in [0.2, 0.25) is 5.91 Å². The van der Waals surface area contributed by atoms with E-state index in [4.69, 9.17) is 4.74 Å². The van der Waals surface area contributed by atoms with Crippen LogP contribution < -0.4 is 5.32 Å². The molecule has 0 atom stereocenters. The zero-order valence-electron chi connectivity index (χ0n) is 12.4. The lowest BCUT2D eigenvalue weighted by Gasteiger charge is -2.20. The minimum Gasteiger partial charge on any atom is -0.464 e. The van der Waals surface area contributed by atoms with Crippen LogP contribution in [0.4, 0.5) is 0 Å². The van der Waals surface area contributed by atoms with Crippen molar-refractivity contribution in [3.8, 4) is 0 Å². The molecule has 0 fully saturated rings. The highest BCUT2D eigenvalue weighted by molar-refractivity contribution is 5.88. The molecule has 8 nitrogen and oxygen atoms in total. The van der Waals surface area contributed by atoms with Gasteiger partial charge in [0.25, 0.3) is 0 Å². The van der Waals surface area contributed by atoms with Crippen LogP contribution in [0.1, 0.15) is 37.0 Å². The van der Waals surface area contributed by atoms with Crippen molar-refractivity contribution in [1.82, 2.24) is 20.3 Å². The largest absolute Gasteiger partial charge is 0.464 e. The molecule has 0 saturated carbocycles. The molecule has 1 aromatic heterocycles. The third-order valence-electron chi connectivity index (χ3n) is 2.31. The van der Waals surface area contributed by atoms with Gasteiger partial charge in [0.15, 0.2) is 5.69 Å². The smallest absolute Gasteiger partial charge is 0.360 e. The molecule has 0 spiro atoms. The van der Waals surface area contributed by atoms with E-state index in [1.165, 1.54) is 18.9 Å². The molecule has 0 aliphatic rings. The molecule has 1 amide bonds. The summed E-state index contributed by atoms with van der Waals surface area (Å²) in [7, 11) is 2.73. The first-order chi connectivity index (χ1) is 9.28. The summed E-state index contributed by atoms with van der Waals surface area (Å²) in [4.78, 5) is 23.4. The summed E-state index contributed by atoms with van der Waals surface area (Å²) in [6, 6.07) is 0. The summed E-state index contributed by atoms with van der Waals surface area (Å²) >= 11 is 0. The minimum atomic E-state index is -0.612. The zero-order valence-corrected chi connectivity index (χ0v) is 12.4. The van der Waals surface area contributed by atoms with Crippen LogP contribution in [0.25, 0.3) is 0 Å². The maximum absolute atomic E-state index is 11.9. The van der Waals surface area contributed by atoms with Crippen molar-refractivity contribution in [3.05, 3.63) is 11.4 Å². The second-order valence-corrected chi connectivity index (χ2v) is 5.27. The molecule has 0 saturated heterocycles. The Hall–Kier alpha value is -1.96. The molecule has 0 aliphatic heterocycles. The number of hydrogen-bond acceptors (Lipinski definition) is 6. The summed E-state index contributed by atoms with van der Waals surface area (Å²) in [5, 5.41) is 10.3. The lowest BCUT2D eigenvalue weighted by Crippen LogP contribution is -2.42. The molecular formula is C12H20N4O4. The second-order valence-electron chi connectivity index (χ2n) is 5.27. The van der Waals surface area contributed by atoms with E-state index in [9.17, 15) is 9.59 Å². The highest BCUT2D eigenvalue weighted by Crippen LogP contribution is 2.09. The Labute approximate surface area is 117 Å². The summed E-state index contributed by atoms with van der Waals surface area (Å²) < 4.78 is 10.9. The molecule has 0 bridgehead atoms. The van der Waals surface area contributed by atoms with E-state index in [-0.39, 0.29) is 30.3 Å². The molecule has 1 heterocycles. The Morgan fingerprint density at radius 3 is 2.45 bits per heavy atom. The monoisotopic (exact) mass is 284 g/mol. The molecule has 1 aromatic rings. The fourth-order valence-electron chi connectivity index (χ4n) is 1.59. The number of nitrogens with one attached hydrogen (secondary N) is 1. The summed E-state index contributed by atoms with van der Waals surface area (Å²) in [5.41, 5.74) is 0.117. The van der Waals surface area contributed by atoms with Crippen molar-refractivity contribution in [2.75, 3.05) is 14.2 Å². The van der Waals surface area contributed by atoms with Gasteiger partial charge in [-0.2, -0.15) is 0 Å². The number of aromatic nitrogens is 3. The predicted molar refractivity (Wildman–Crippen MR) is 70.0 cm³/mol. The summed E-state index contributed by atoms with van der Waals surface area (Å²) in [6.45, 7) is 5.70. The predicted octanol–water partition coefficient (Wildman–Crippen LogP) is 0.126. The summed E-state index contributed by atoms with van der Waals surface area (Å²) in [6.07, 6.45) is 0. The molecule has 20 heavy (non-hydrogen) atoms. The molecule has 0 aromatic carbocycles. The maximum atomic E-state index is 11.9. The van der Waals surface area contributed by atoms with E-state index in [1.807, 2.05) is 20.8 Å². The number of hydrogen-bond donors (Lipinski definition) is 1. The van der Waals surface area contributed by atoms with Gasteiger partial charge < -0.3 is 14.8 Å². The lowest BCUT2D eigenvalue weighted by atomic mass is 10.1. The highest BCUT2D eigenvalue weighted by atomic mass is 16.5. The van der Waals surface area contributed by atoms with E-state index in [1.54, 1.807) is 0 Å². The van der Waals surface area contributed by atoms with E-state index in [2.05, 4.69) is 20.4 Å². The summed E-state index contributed by atoms with van der Waals surface area (Å²) in [5.74, 6) is -0.837. The molecule has 0 radical (unpaired) electrons. The Bertz CT molecular complexity index is 490. The third kappa shape index (κ3) is 4.30. The molecular weight excluding hydrogens is 264 g/mol. The number of nitrogens with zero attached hydrogens (tertiary/aromatic N) is 3. The van der Waals surface area contributed by atoms with E-state index >= 15 is 0 Å². The molecule has 0 unspecified atom stereocenters. The van der Waals surface area contributed by atoms with Crippen LogP contribution in [-0.2, 0) is 27.4 Å². The SMILES string of the molecule is COCc1c(C(=O)OC)nnn1CC(=O)NC(C)(C)C. The number of carbonyl (C=O) groups excluding carboxylic acids is 2. The molecule has 1 rings (SSSR count). The van der Waals surface area contributed by atoms with Gasteiger partial charge in [-0.25, -0.2) is 9.48 Å². The number of amides is 1. The van der Waals surface area contributed by atoms with Crippen LogP contribution in [-0.4, -0.2) is 46.6 Å². The van der Waals surface area contributed by atoms with Crippen molar-refractivity contribution >= 4 is 11.9 Å². The van der Waals surface area contributed by atoms with Gasteiger partial charge in [-0.3, -0.25) is 4.79 Å². The topological polar surface area (TPSA) is 95.3 Å². The fourth-order valence-corrected chi connectivity index (χ4v) is 1.59. The van der Waals surface area contributed by atoms with E-state index in [0.29, 0.717) is 5.69 Å². The van der Waals surface area contributed by atoms with Crippen LogP contribution in [0.5, 0.6) is 0 Å². The van der Waals surface area contributed by atoms with Gasteiger partial charge in [0.05, 0.1) is 19.4 Å². The fraction of sp³-hybridized carbons (Fsp3) is 0.667. The average Bonchev–Trinajstić information content (AvgIpc) is 2.69. The van der Waals surface area contributed by atoms with E-state index < -0.39 is 5.97 Å². The van der Waals surface area contributed by atoms with Crippen LogP contribution >= 0.6 is 0 Å². The molecule has 1 N–H and O–H groups in total. The normalized spacial score (nSPS) is 11.2. The molecule has 8 heteroatoms. The number of carbonyl (C=O) groups is 2. The number of methoxy groups -OCH3 is 2. The van der Waals surface area contributed by atoms with Crippen molar-refractivity contribution in [2.45, 2.75) is 39.5 Å². The van der Waals surface area contributed by atoms with Gasteiger partial charge >= 0.3 is 5.97 Å². The maximum Gasteiger partial charge on any atom is 0.360 e. The number of ether oxygens (including phenoxy) is 2. The first-order valence-electron chi connectivity index (χ1n) is 6.09. The first-order valence-corrected chi connectivity index (χ1v) is 6.09.